The van der Waals surface area contributed by atoms with Crippen LogP contribution in [0.1, 0.15) is 23.5 Å². The Hall–Kier alpha value is -2.50. The molecule has 6 heteroatoms. The molecule has 0 aliphatic heterocycles. The smallest absolute Gasteiger partial charge is 0.254 e. The number of nitrogens with zero attached hydrogens (tertiary/aromatic N) is 4. The molecule has 0 atom stereocenters. The number of aromatic nitrogens is 4. The van der Waals surface area contributed by atoms with Gasteiger partial charge in [-0.15, -0.1) is 5.10 Å². The standard InChI is InChI=1S/C15H14FN5/c1-9-17-15-19-13-7-3-6-12(13)14(21(15)20-9)18-11-5-2-4-10(16)8-11/h2,4-5,8,18H,3,6-7H2,1H3. The molecule has 0 saturated heterocycles. The van der Waals surface area contributed by atoms with Crippen LogP contribution in [0.3, 0.4) is 0 Å². The third-order valence-corrected chi connectivity index (χ3v) is 3.70. The van der Waals surface area contributed by atoms with Crippen LogP contribution in [0.25, 0.3) is 5.78 Å². The van der Waals surface area contributed by atoms with E-state index in [1.807, 2.05) is 13.0 Å². The molecule has 0 unspecified atom stereocenters. The lowest BCUT2D eigenvalue weighted by atomic mass is 10.2. The second-order valence-electron chi connectivity index (χ2n) is 5.25. The molecule has 1 aromatic carbocycles. The fraction of sp³-hybridized carbons (Fsp3) is 0.267. The molecular formula is C15H14FN5. The average molecular weight is 283 g/mol. The predicted molar refractivity (Wildman–Crippen MR) is 77.2 cm³/mol. The Morgan fingerprint density at radius 2 is 2.14 bits per heavy atom. The van der Waals surface area contributed by atoms with Crippen LogP contribution in [0, 0.1) is 12.7 Å². The quantitative estimate of drug-likeness (QED) is 0.785. The van der Waals surface area contributed by atoms with Crippen molar-refractivity contribution in [2.75, 3.05) is 5.32 Å². The summed E-state index contributed by atoms with van der Waals surface area (Å²) in [7, 11) is 0. The highest BCUT2D eigenvalue weighted by Crippen LogP contribution is 2.30. The van der Waals surface area contributed by atoms with E-state index in [1.165, 1.54) is 12.1 Å². The van der Waals surface area contributed by atoms with E-state index in [4.69, 9.17) is 0 Å². The second-order valence-corrected chi connectivity index (χ2v) is 5.25. The van der Waals surface area contributed by atoms with E-state index in [2.05, 4.69) is 20.4 Å². The number of aryl methyl sites for hydroxylation is 2. The molecular weight excluding hydrogens is 269 g/mol. The van der Waals surface area contributed by atoms with Gasteiger partial charge in [-0.1, -0.05) is 6.07 Å². The van der Waals surface area contributed by atoms with Crippen LogP contribution in [0.4, 0.5) is 15.9 Å². The summed E-state index contributed by atoms with van der Waals surface area (Å²) < 4.78 is 15.1. The van der Waals surface area contributed by atoms with Crippen molar-refractivity contribution in [2.24, 2.45) is 0 Å². The van der Waals surface area contributed by atoms with Gasteiger partial charge in [0.1, 0.15) is 17.5 Å². The summed E-state index contributed by atoms with van der Waals surface area (Å²) in [6.45, 7) is 1.84. The molecule has 3 aromatic rings. The maximum absolute atomic E-state index is 13.4. The van der Waals surface area contributed by atoms with Crippen molar-refractivity contribution in [3.8, 4) is 0 Å². The van der Waals surface area contributed by atoms with Gasteiger partial charge in [-0.25, -0.2) is 9.37 Å². The van der Waals surface area contributed by atoms with Gasteiger partial charge in [0, 0.05) is 11.3 Å². The molecule has 0 amide bonds. The lowest BCUT2D eigenvalue weighted by Gasteiger charge is -2.12. The van der Waals surface area contributed by atoms with E-state index >= 15 is 0 Å². The van der Waals surface area contributed by atoms with Gasteiger partial charge in [-0.2, -0.15) is 9.50 Å². The Kier molecular flexibility index (Phi) is 2.63. The van der Waals surface area contributed by atoms with Crippen molar-refractivity contribution in [2.45, 2.75) is 26.2 Å². The van der Waals surface area contributed by atoms with Gasteiger partial charge >= 0.3 is 0 Å². The normalized spacial score (nSPS) is 13.6. The van der Waals surface area contributed by atoms with Crippen molar-refractivity contribution in [3.05, 3.63) is 47.2 Å². The molecule has 0 radical (unpaired) electrons. The van der Waals surface area contributed by atoms with Crippen molar-refractivity contribution in [1.82, 2.24) is 19.6 Å². The van der Waals surface area contributed by atoms with Gasteiger partial charge in [0.15, 0.2) is 0 Å². The lowest BCUT2D eigenvalue weighted by molar-refractivity contribution is 0.628. The molecule has 5 nitrogen and oxygen atoms in total. The third-order valence-electron chi connectivity index (χ3n) is 3.70. The van der Waals surface area contributed by atoms with E-state index in [9.17, 15) is 4.39 Å². The van der Waals surface area contributed by atoms with Gasteiger partial charge in [0.25, 0.3) is 5.78 Å². The molecule has 0 bridgehead atoms. The SMILES string of the molecule is Cc1nc2nc3c(c(Nc4cccc(F)c4)n2n1)CCC3. The van der Waals surface area contributed by atoms with Crippen molar-refractivity contribution in [3.63, 3.8) is 0 Å². The Labute approximate surface area is 120 Å². The van der Waals surface area contributed by atoms with Gasteiger partial charge in [0.05, 0.1) is 5.69 Å². The number of anilines is 2. The summed E-state index contributed by atoms with van der Waals surface area (Å²) in [5, 5.41) is 7.68. The second kappa shape index (κ2) is 4.51. The van der Waals surface area contributed by atoms with Crippen LogP contribution in [0.5, 0.6) is 0 Å². The average Bonchev–Trinajstić information content (AvgIpc) is 3.04. The van der Waals surface area contributed by atoms with Crippen molar-refractivity contribution in [1.29, 1.82) is 0 Å². The summed E-state index contributed by atoms with van der Waals surface area (Å²) in [4.78, 5) is 8.91. The van der Waals surface area contributed by atoms with Crippen LogP contribution in [0.2, 0.25) is 0 Å². The summed E-state index contributed by atoms with van der Waals surface area (Å²) in [6.07, 6.45) is 2.98. The van der Waals surface area contributed by atoms with E-state index in [-0.39, 0.29) is 5.82 Å². The number of halogens is 1. The number of fused-ring (bicyclic) bond motifs is 2. The largest absolute Gasteiger partial charge is 0.340 e. The van der Waals surface area contributed by atoms with Crippen LogP contribution < -0.4 is 5.32 Å². The van der Waals surface area contributed by atoms with Crippen LogP contribution >= 0.6 is 0 Å². The maximum atomic E-state index is 13.4. The highest BCUT2D eigenvalue weighted by molar-refractivity contribution is 5.63. The molecule has 0 saturated carbocycles. The third kappa shape index (κ3) is 2.03. The molecule has 21 heavy (non-hydrogen) atoms. The fourth-order valence-corrected chi connectivity index (χ4v) is 2.81. The van der Waals surface area contributed by atoms with Crippen LogP contribution in [-0.2, 0) is 12.8 Å². The van der Waals surface area contributed by atoms with Gasteiger partial charge in [0.2, 0.25) is 0 Å². The summed E-state index contributed by atoms with van der Waals surface area (Å²) in [5.74, 6) is 1.84. The Balaban J connectivity index is 1.90. The number of benzene rings is 1. The molecule has 4 rings (SSSR count). The number of hydrogen-bond donors (Lipinski definition) is 1. The first kappa shape index (κ1) is 12.3. The number of rotatable bonds is 2. The van der Waals surface area contributed by atoms with Crippen LogP contribution in [-0.4, -0.2) is 19.6 Å². The first-order valence-corrected chi connectivity index (χ1v) is 6.98. The van der Waals surface area contributed by atoms with Gasteiger partial charge in [-0.3, -0.25) is 0 Å². The zero-order valence-electron chi connectivity index (χ0n) is 11.6. The van der Waals surface area contributed by atoms with Gasteiger partial charge < -0.3 is 5.32 Å². The van der Waals surface area contributed by atoms with E-state index in [0.29, 0.717) is 17.3 Å². The van der Waals surface area contributed by atoms with E-state index in [1.54, 1.807) is 10.6 Å². The first-order valence-electron chi connectivity index (χ1n) is 6.98. The molecule has 0 spiro atoms. The number of hydrogen-bond acceptors (Lipinski definition) is 4. The maximum Gasteiger partial charge on any atom is 0.254 e. The Bertz CT molecular complexity index is 839. The van der Waals surface area contributed by atoms with Crippen molar-refractivity contribution < 1.29 is 4.39 Å². The predicted octanol–water partition coefficient (Wildman–Crippen LogP) is 2.80. The van der Waals surface area contributed by atoms with E-state index < -0.39 is 0 Å². The minimum absolute atomic E-state index is 0.267. The molecule has 1 N–H and O–H groups in total. The highest BCUT2D eigenvalue weighted by Gasteiger charge is 2.21. The topological polar surface area (TPSA) is 55.1 Å². The summed E-state index contributed by atoms with van der Waals surface area (Å²) in [6, 6.07) is 6.41. The fourth-order valence-electron chi connectivity index (χ4n) is 2.81. The molecule has 2 aromatic heterocycles. The summed E-state index contributed by atoms with van der Waals surface area (Å²) >= 11 is 0. The molecule has 2 heterocycles. The number of nitrogens with one attached hydrogen (secondary N) is 1. The minimum Gasteiger partial charge on any atom is -0.340 e. The first-order chi connectivity index (χ1) is 10.2. The lowest BCUT2D eigenvalue weighted by Crippen LogP contribution is -2.07. The zero-order chi connectivity index (χ0) is 14.4. The Morgan fingerprint density at radius 3 is 3.00 bits per heavy atom. The molecule has 106 valence electrons. The minimum atomic E-state index is -0.267. The van der Waals surface area contributed by atoms with Crippen molar-refractivity contribution >= 4 is 17.3 Å². The molecule has 1 aliphatic rings. The van der Waals surface area contributed by atoms with Gasteiger partial charge in [-0.05, 0) is 44.4 Å². The zero-order valence-corrected chi connectivity index (χ0v) is 11.6. The monoisotopic (exact) mass is 283 g/mol. The molecule has 0 fully saturated rings. The Morgan fingerprint density at radius 1 is 1.24 bits per heavy atom. The van der Waals surface area contributed by atoms with Crippen LogP contribution in [0.15, 0.2) is 24.3 Å². The molecule has 1 aliphatic carbocycles. The summed E-state index contributed by atoms with van der Waals surface area (Å²) in [5.41, 5.74) is 2.91. The van der Waals surface area contributed by atoms with E-state index in [0.717, 1.165) is 36.3 Å². The highest BCUT2D eigenvalue weighted by atomic mass is 19.1.